The van der Waals surface area contributed by atoms with Crippen LogP contribution in [0.5, 0.6) is 0 Å². The van der Waals surface area contributed by atoms with E-state index in [9.17, 15) is 9.90 Å². The molecule has 1 aliphatic rings. The first-order valence-corrected chi connectivity index (χ1v) is 7.12. The van der Waals surface area contributed by atoms with Gasteiger partial charge in [0.15, 0.2) is 5.60 Å². The smallest absolute Gasteiger partial charge is 0.336 e. The van der Waals surface area contributed by atoms with Crippen LogP contribution in [-0.2, 0) is 22.4 Å². The quantitative estimate of drug-likeness (QED) is 0.813. The number of aliphatic hydroxyl groups is 1. The Morgan fingerprint density at radius 3 is 2.89 bits per heavy atom. The molecule has 0 saturated carbocycles. The highest BCUT2D eigenvalue weighted by Gasteiger charge is 2.42. The van der Waals surface area contributed by atoms with E-state index in [-0.39, 0.29) is 13.2 Å². The first-order chi connectivity index (χ1) is 9.07. The average molecular weight is 329 g/mol. The lowest BCUT2D eigenvalue weighted by atomic mass is 9.80. The van der Waals surface area contributed by atoms with E-state index in [0.717, 1.165) is 10.0 Å². The molecular formula is C14H17BrO4. The number of halogens is 1. The Morgan fingerprint density at radius 1 is 1.42 bits per heavy atom. The molecule has 0 radical (unpaired) electrons. The van der Waals surface area contributed by atoms with Gasteiger partial charge in [0.1, 0.15) is 0 Å². The fourth-order valence-corrected chi connectivity index (χ4v) is 2.84. The summed E-state index contributed by atoms with van der Waals surface area (Å²) in [6.45, 7) is 0.286. The number of hydrogen-bond acceptors (Lipinski definition) is 3. The molecule has 1 aliphatic carbocycles. The number of benzene rings is 1. The summed E-state index contributed by atoms with van der Waals surface area (Å²) in [5.41, 5.74) is 1.06. The van der Waals surface area contributed by atoms with Gasteiger partial charge in [-0.05, 0) is 42.5 Å². The summed E-state index contributed by atoms with van der Waals surface area (Å²) < 4.78 is 6.60. The molecule has 0 bridgehead atoms. The molecule has 5 heteroatoms. The third kappa shape index (κ3) is 3.16. The number of carboxylic acids is 1. The lowest BCUT2D eigenvalue weighted by molar-refractivity contribution is -0.168. The van der Waals surface area contributed by atoms with E-state index in [1.165, 1.54) is 5.56 Å². The van der Waals surface area contributed by atoms with E-state index in [0.29, 0.717) is 25.7 Å². The second-order valence-electron chi connectivity index (χ2n) is 4.81. The zero-order valence-electron chi connectivity index (χ0n) is 10.6. The van der Waals surface area contributed by atoms with Gasteiger partial charge in [0.05, 0.1) is 6.61 Å². The summed E-state index contributed by atoms with van der Waals surface area (Å²) in [5.74, 6) is -0.918. The van der Waals surface area contributed by atoms with Crippen molar-refractivity contribution in [2.24, 2.45) is 0 Å². The molecule has 0 aliphatic heterocycles. The molecule has 1 atom stereocenters. The predicted molar refractivity (Wildman–Crippen MR) is 74.2 cm³/mol. The van der Waals surface area contributed by atoms with Crippen LogP contribution in [0.4, 0.5) is 0 Å². The number of aliphatic hydroxyl groups excluding tert-OH is 1. The Labute approximate surface area is 120 Å². The van der Waals surface area contributed by atoms with E-state index in [4.69, 9.17) is 9.84 Å². The van der Waals surface area contributed by atoms with Crippen LogP contribution in [0.2, 0.25) is 0 Å². The second kappa shape index (κ2) is 6.03. The fourth-order valence-electron chi connectivity index (χ4n) is 2.43. The van der Waals surface area contributed by atoms with Crippen molar-refractivity contribution >= 4 is 21.9 Å². The third-order valence-electron chi connectivity index (χ3n) is 3.51. The maximum Gasteiger partial charge on any atom is 0.336 e. The maximum atomic E-state index is 11.6. The Balaban J connectivity index is 2.19. The van der Waals surface area contributed by atoms with Crippen LogP contribution in [0.3, 0.4) is 0 Å². The Kier molecular flexibility index (Phi) is 4.60. The molecule has 1 aromatic rings. The minimum Gasteiger partial charge on any atom is -0.479 e. The zero-order chi connectivity index (χ0) is 13.9. The largest absolute Gasteiger partial charge is 0.479 e. The van der Waals surface area contributed by atoms with Gasteiger partial charge >= 0.3 is 5.97 Å². The van der Waals surface area contributed by atoms with Gasteiger partial charge in [0, 0.05) is 17.5 Å². The molecule has 2 N–H and O–H groups in total. The van der Waals surface area contributed by atoms with Gasteiger partial charge in [-0.25, -0.2) is 4.79 Å². The van der Waals surface area contributed by atoms with E-state index in [2.05, 4.69) is 15.9 Å². The first kappa shape index (κ1) is 14.5. The van der Waals surface area contributed by atoms with Crippen molar-refractivity contribution in [2.45, 2.75) is 31.3 Å². The van der Waals surface area contributed by atoms with Crippen molar-refractivity contribution in [1.82, 2.24) is 0 Å². The molecule has 104 valence electrons. The molecular weight excluding hydrogens is 312 g/mol. The molecule has 1 unspecified atom stereocenters. The number of ether oxygens (including phenoxy) is 1. The highest BCUT2D eigenvalue weighted by molar-refractivity contribution is 9.10. The third-order valence-corrected chi connectivity index (χ3v) is 4.01. The standard InChI is InChI=1S/C14H17BrO4/c15-12-3-2-11-9-14(13(17)18,19-7-1-6-16)5-4-10(11)8-12/h2-3,8,16H,1,4-7,9H2,(H,17,18). The molecule has 0 amide bonds. The van der Waals surface area contributed by atoms with Crippen molar-refractivity contribution in [1.29, 1.82) is 0 Å². The van der Waals surface area contributed by atoms with Crippen molar-refractivity contribution in [3.8, 4) is 0 Å². The molecule has 1 aromatic carbocycles. The van der Waals surface area contributed by atoms with Gasteiger partial charge in [0.25, 0.3) is 0 Å². The Morgan fingerprint density at radius 2 is 2.21 bits per heavy atom. The summed E-state index contributed by atoms with van der Waals surface area (Å²) in [6.07, 6.45) is 2.01. The lowest BCUT2D eigenvalue weighted by Crippen LogP contribution is -2.46. The van der Waals surface area contributed by atoms with E-state index in [1.54, 1.807) is 0 Å². The van der Waals surface area contributed by atoms with Crippen LogP contribution in [0.1, 0.15) is 24.0 Å². The summed E-state index contributed by atoms with van der Waals surface area (Å²) >= 11 is 3.42. The van der Waals surface area contributed by atoms with Gasteiger partial charge in [-0.2, -0.15) is 0 Å². The Hall–Kier alpha value is -0.910. The number of hydrogen-bond donors (Lipinski definition) is 2. The monoisotopic (exact) mass is 328 g/mol. The second-order valence-corrected chi connectivity index (χ2v) is 5.73. The minimum atomic E-state index is -1.14. The predicted octanol–water partition coefficient (Wildman–Crippen LogP) is 2.16. The molecule has 0 spiro atoms. The van der Waals surface area contributed by atoms with E-state index >= 15 is 0 Å². The number of carboxylic acid groups (broad SMARTS) is 1. The summed E-state index contributed by atoms with van der Waals surface area (Å²) in [4.78, 5) is 11.6. The minimum absolute atomic E-state index is 0.0131. The highest BCUT2D eigenvalue weighted by Crippen LogP contribution is 2.33. The molecule has 0 heterocycles. The van der Waals surface area contributed by atoms with Crippen LogP contribution >= 0.6 is 15.9 Å². The molecule has 19 heavy (non-hydrogen) atoms. The Bertz CT molecular complexity index is 475. The van der Waals surface area contributed by atoms with E-state index < -0.39 is 11.6 Å². The highest BCUT2D eigenvalue weighted by atomic mass is 79.9. The van der Waals surface area contributed by atoms with Gasteiger partial charge in [-0.15, -0.1) is 0 Å². The SMILES string of the molecule is O=C(O)C1(OCCCO)CCc2cc(Br)ccc2C1. The van der Waals surface area contributed by atoms with Crippen LogP contribution in [0.15, 0.2) is 22.7 Å². The average Bonchev–Trinajstić information content (AvgIpc) is 2.39. The van der Waals surface area contributed by atoms with Crippen LogP contribution < -0.4 is 0 Å². The molecule has 0 aromatic heterocycles. The molecule has 0 fully saturated rings. The van der Waals surface area contributed by atoms with Gasteiger partial charge in [-0.1, -0.05) is 22.0 Å². The van der Waals surface area contributed by atoms with Gasteiger partial charge in [0.2, 0.25) is 0 Å². The molecule has 4 nitrogen and oxygen atoms in total. The van der Waals surface area contributed by atoms with E-state index in [1.807, 2.05) is 18.2 Å². The number of carbonyl (C=O) groups is 1. The summed E-state index contributed by atoms with van der Waals surface area (Å²) in [7, 11) is 0. The zero-order valence-corrected chi connectivity index (χ0v) is 12.1. The molecule has 2 rings (SSSR count). The number of rotatable bonds is 5. The maximum absolute atomic E-state index is 11.6. The summed E-state index contributed by atoms with van der Waals surface area (Å²) in [6, 6.07) is 5.91. The number of aryl methyl sites for hydroxylation is 1. The van der Waals surface area contributed by atoms with Gasteiger partial charge < -0.3 is 14.9 Å². The van der Waals surface area contributed by atoms with Crippen LogP contribution in [0.25, 0.3) is 0 Å². The van der Waals surface area contributed by atoms with Crippen molar-refractivity contribution < 1.29 is 19.7 Å². The van der Waals surface area contributed by atoms with Crippen molar-refractivity contribution in [3.63, 3.8) is 0 Å². The van der Waals surface area contributed by atoms with Crippen molar-refractivity contribution in [2.75, 3.05) is 13.2 Å². The van der Waals surface area contributed by atoms with Crippen molar-refractivity contribution in [3.05, 3.63) is 33.8 Å². The summed E-state index contributed by atoms with van der Waals surface area (Å²) in [5, 5.41) is 18.2. The topological polar surface area (TPSA) is 66.8 Å². The first-order valence-electron chi connectivity index (χ1n) is 6.33. The van der Waals surface area contributed by atoms with Crippen LogP contribution in [0, 0.1) is 0 Å². The van der Waals surface area contributed by atoms with Crippen LogP contribution in [-0.4, -0.2) is 35.0 Å². The fraction of sp³-hybridized carbons (Fsp3) is 0.500. The molecule has 0 saturated heterocycles. The lowest BCUT2D eigenvalue weighted by Gasteiger charge is -2.34. The number of aliphatic carboxylic acids is 1. The normalized spacial score (nSPS) is 22.0. The number of fused-ring (bicyclic) bond motifs is 1. The van der Waals surface area contributed by atoms with Gasteiger partial charge in [-0.3, -0.25) is 0 Å².